The minimum atomic E-state index is 0.431. The Balaban J connectivity index is 2.13. The van der Waals surface area contributed by atoms with Gasteiger partial charge in [0.15, 0.2) is 0 Å². The Morgan fingerprint density at radius 2 is 1.79 bits per heavy atom. The van der Waals surface area contributed by atoms with Crippen molar-refractivity contribution >= 4 is 0 Å². The molecule has 19 heavy (non-hydrogen) atoms. The van der Waals surface area contributed by atoms with Crippen molar-refractivity contribution in [3.63, 3.8) is 0 Å². The fraction of sp³-hybridized carbons (Fsp3) is 0.667. The van der Waals surface area contributed by atoms with Crippen LogP contribution in [0.3, 0.4) is 0 Å². The minimum Gasteiger partial charge on any atom is -0.306 e. The Labute approximate surface area is 118 Å². The van der Waals surface area contributed by atoms with Crippen LogP contribution in [0.2, 0.25) is 0 Å². The van der Waals surface area contributed by atoms with Crippen LogP contribution in [0.4, 0.5) is 0 Å². The molecule has 106 valence electrons. The van der Waals surface area contributed by atoms with Crippen molar-refractivity contribution < 1.29 is 0 Å². The molecular formula is C18H29N. The first-order valence-electron chi connectivity index (χ1n) is 7.82. The fourth-order valence-corrected chi connectivity index (χ4v) is 3.35. The molecule has 0 aliphatic heterocycles. The van der Waals surface area contributed by atoms with Gasteiger partial charge in [-0.05, 0) is 29.7 Å². The maximum absolute atomic E-state index is 3.96. The van der Waals surface area contributed by atoms with Gasteiger partial charge in [-0.3, -0.25) is 0 Å². The molecule has 0 amide bonds. The van der Waals surface area contributed by atoms with E-state index in [0.717, 1.165) is 0 Å². The van der Waals surface area contributed by atoms with Gasteiger partial charge in [0.1, 0.15) is 0 Å². The zero-order valence-electron chi connectivity index (χ0n) is 12.9. The Bertz CT molecular complexity index is 380. The second-order valence-electron chi connectivity index (χ2n) is 7.09. The molecule has 2 atom stereocenters. The van der Waals surface area contributed by atoms with Gasteiger partial charge >= 0.3 is 0 Å². The lowest BCUT2D eigenvalue weighted by molar-refractivity contribution is 0.146. The lowest BCUT2D eigenvalue weighted by Crippen LogP contribution is -2.46. The van der Waals surface area contributed by atoms with E-state index in [2.05, 4.69) is 63.3 Å². The summed E-state index contributed by atoms with van der Waals surface area (Å²) in [5, 5.41) is 3.96. The molecule has 2 rings (SSSR count). The SMILES string of the molecule is CC(C)C(NC1CCCCC1(C)C)c1ccccc1. The average molecular weight is 259 g/mol. The number of hydrogen-bond acceptors (Lipinski definition) is 1. The lowest BCUT2D eigenvalue weighted by atomic mass is 9.72. The molecule has 0 aromatic heterocycles. The van der Waals surface area contributed by atoms with Gasteiger partial charge < -0.3 is 5.32 Å². The van der Waals surface area contributed by atoms with E-state index in [9.17, 15) is 0 Å². The molecule has 1 aliphatic carbocycles. The molecule has 2 unspecified atom stereocenters. The van der Waals surface area contributed by atoms with Gasteiger partial charge in [-0.15, -0.1) is 0 Å². The monoisotopic (exact) mass is 259 g/mol. The first kappa shape index (κ1) is 14.6. The third kappa shape index (κ3) is 3.60. The van der Waals surface area contributed by atoms with E-state index in [4.69, 9.17) is 0 Å². The molecule has 1 saturated carbocycles. The maximum atomic E-state index is 3.96. The van der Waals surface area contributed by atoms with E-state index in [1.807, 2.05) is 0 Å². The standard InChI is InChI=1S/C18H29N/c1-14(2)17(15-10-6-5-7-11-15)19-16-12-8-9-13-18(16,3)4/h5-7,10-11,14,16-17,19H,8-9,12-13H2,1-4H3. The topological polar surface area (TPSA) is 12.0 Å². The summed E-state index contributed by atoms with van der Waals surface area (Å²) < 4.78 is 0. The van der Waals surface area contributed by atoms with Crippen LogP contribution in [-0.2, 0) is 0 Å². The summed E-state index contributed by atoms with van der Waals surface area (Å²) in [7, 11) is 0. The van der Waals surface area contributed by atoms with Crippen LogP contribution >= 0.6 is 0 Å². The van der Waals surface area contributed by atoms with Gasteiger partial charge in [0, 0.05) is 12.1 Å². The predicted octanol–water partition coefficient (Wildman–Crippen LogP) is 4.94. The van der Waals surface area contributed by atoms with E-state index >= 15 is 0 Å². The van der Waals surface area contributed by atoms with E-state index in [-0.39, 0.29) is 0 Å². The van der Waals surface area contributed by atoms with Gasteiger partial charge in [-0.25, -0.2) is 0 Å². The van der Waals surface area contributed by atoms with Crippen LogP contribution in [0.5, 0.6) is 0 Å². The van der Waals surface area contributed by atoms with Crippen LogP contribution in [0.15, 0.2) is 30.3 Å². The van der Waals surface area contributed by atoms with Gasteiger partial charge in [0.25, 0.3) is 0 Å². The Kier molecular flexibility index (Phi) is 4.67. The normalized spacial score (nSPS) is 24.4. The Morgan fingerprint density at radius 3 is 2.37 bits per heavy atom. The number of hydrogen-bond donors (Lipinski definition) is 1. The zero-order valence-corrected chi connectivity index (χ0v) is 12.9. The predicted molar refractivity (Wildman–Crippen MR) is 83.2 cm³/mol. The third-order valence-corrected chi connectivity index (χ3v) is 4.71. The van der Waals surface area contributed by atoms with Crippen molar-refractivity contribution in [3.8, 4) is 0 Å². The van der Waals surface area contributed by atoms with E-state index < -0.39 is 0 Å². The summed E-state index contributed by atoms with van der Waals surface area (Å²) in [4.78, 5) is 0. The summed E-state index contributed by atoms with van der Waals surface area (Å²) in [5.74, 6) is 0.625. The van der Waals surface area contributed by atoms with Crippen molar-refractivity contribution in [3.05, 3.63) is 35.9 Å². The number of rotatable bonds is 4. The molecule has 1 aliphatic rings. The van der Waals surface area contributed by atoms with Crippen LogP contribution in [0, 0.1) is 11.3 Å². The highest BCUT2D eigenvalue weighted by atomic mass is 15.0. The molecular weight excluding hydrogens is 230 g/mol. The molecule has 1 heteroatoms. The molecule has 0 radical (unpaired) electrons. The largest absolute Gasteiger partial charge is 0.306 e. The third-order valence-electron chi connectivity index (χ3n) is 4.71. The Hall–Kier alpha value is -0.820. The highest BCUT2D eigenvalue weighted by Crippen LogP contribution is 2.37. The fourth-order valence-electron chi connectivity index (χ4n) is 3.35. The summed E-state index contributed by atoms with van der Waals surface area (Å²) in [6, 6.07) is 12.0. The van der Waals surface area contributed by atoms with Gasteiger partial charge in [0.05, 0.1) is 0 Å². The summed E-state index contributed by atoms with van der Waals surface area (Å²) in [5.41, 5.74) is 1.86. The summed E-state index contributed by atoms with van der Waals surface area (Å²) in [6.45, 7) is 9.49. The molecule has 0 bridgehead atoms. The molecule has 1 fully saturated rings. The molecule has 1 nitrogen and oxygen atoms in total. The van der Waals surface area contributed by atoms with Crippen LogP contribution in [-0.4, -0.2) is 6.04 Å². The number of benzene rings is 1. The van der Waals surface area contributed by atoms with E-state index in [1.165, 1.54) is 31.2 Å². The maximum Gasteiger partial charge on any atom is 0.0345 e. The van der Waals surface area contributed by atoms with Crippen molar-refractivity contribution in [1.29, 1.82) is 0 Å². The summed E-state index contributed by atoms with van der Waals surface area (Å²) in [6.07, 6.45) is 5.44. The Morgan fingerprint density at radius 1 is 1.11 bits per heavy atom. The van der Waals surface area contributed by atoms with Crippen LogP contribution in [0.1, 0.15) is 65.0 Å². The summed E-state index contributed by atoms with van der Waals surface area (Å²) >= 11 is 0. The van der Waals surface area contributed by atoms with Crippen molar-refractivity contribution in [2.45, 2.75) is 65.5 Å². The number of nitrogens with one attached hydrogen (secondary N) is 1. The van der Waals surface area contributed by atoms with Crippen molar-refractivity contribution in [2.75, 3.05) is 0 Å². The van der Waals surface area contributed by atoms with E-state index in [1.54, 1.807) is 0 Å². The van der Waals surface area contributed by atoms with Crippen molar-refractivity contribution in [1.82, 2.24) is 5.32 Å². The highest BCUT2D eigenvalue weighted by Gasteiger charge is 2.34. The van der Waals surface area contributed by atoms with Gasteiger partial charge in [-0.2, -0.15) is 0 Å². The molecule has 0 spiro atoms. The van der Waals surface area contributed by atoms with E-state index in [0.29, 0.717) is 23.4 Å². The molecule has 1 aromatic carbocycles. The first-order chi connectivity index (χ1) is 9.00. The van der Waals surface area contributed by atoms with Gasteiger partial charge in [-0.1, -0.05) is 70.9 Å². The van der Waals surface area contributed by atoms with Gasteiger partial charge in [0.2, 0.25) is 0 Å². The first-order valence-corrected chi connectivity index (χ1v) is 7.82. The van der Waals surface area contributed by atoms with Crippen molar-refractivity contribution in [2.24, 2.45) is 11.3 Å². The zero-order chi connectivity index (χ0) is 13.9. The molecule has 0 saturated heterocycles. The second-order valence-corrected chi connectivity index (χ2v) is 7.09. The lowest BCUT2D eigenvalue weighted by Gasteiger charge is -2.42. The molecule has 1 aromatic rings. The van der Waals surface area contributed by atoms with Crippen LogP contribution in [0.25, 0.3) is 0 Å². The molecule has 0 heterocycles. The quantitative estimate of drug-likeness (QED) is 0.807. The average Bonchev–Trinajstić information content (AvgIpc) is 2.37. The smallest absolute Gasteiger partial charge is 0.0345 e. The molecule has 1 N–H and O–H groups in total. The highest BCUT2D eigenvalue weighted by molar-refractivity contribution is 5.19. The minimum absolute atomic E-state index is 0.431. The van der Waals surface area contributed by atoms with Crippen LogP contribution < -0.4 is 5.32 Å². The second kappa shape index (κ2) is 6.09.